The number of nitrogens with zero attached hydrogens (tertiary/aromatic N) is 3. The Morgan fingerprint density at radius 1 is 1.16 bits per heavy atom. The minimum Gasteiger partial charge on any atom is -0.508 e. The number of morpholine rings is 1. The van der Waals surface area contributed by atoms with E-state index in [4.69, 9.17) is 4.74 Å². The molecule has 2 aromatic rings. The lowest BCUT2D eigenvalue weighted by Crippen LogP contribution is -2.37. The van der Waals surface area contributed by atoms with Crippen molar-refractivity contribution >= 4 is 5.95 Å². The predicted molar refractivity (Wildman–Crippen MR) is 72.2 cm³/mol. The van der Waals surface area contributed by atoms with Crippen LogP contribution >= 0.6 is 0 Å². The molecule has 1 aliphatic heterocycles. The normalized spacial score (nSPS) is 15.5. The van der Waals surface area contributed by atoms with Crippen LogP contribution in [0.15, 0.2) is 36.5 Å². The van der Waals surface area contributed by atoms with E-state index in [0.29, 0.717) is 19.2 Å². The first-order valence-corrected chi connectivity index (χ1v) is 6.28. The molecule has 0 saturated carbocycles. The highest BCUT2D eigenvalue weighted by Gasteiger charge is 2.14. The van der Waals surface area contributed by atoms with Gasteiger partial charge in [-0.3, -0.25) is 0 Å². The molecule has 1 aromatic heterocycles. The maximum Gasteiger partial charge on any atom is 0.226 e. The molecule has 98 valence electrons. The van der Waals surface area contributed by atoms with E-state index in [-0.39, 0.29) is 5.75 Å². The molecule has 1 aromatic carbocycles. The quantitative estimate of drug-likeness (QED) is 0.887. The van der Waals surface area contributed by atoms with Gasteiger partial charge in [-0.05, 0) is 18.2 Å². The Balaban J connectivity index is 1.91. The minimum absolute atomic E-state index is 0.240. The second-order valence-corrected chi connectivity index (χ2v) is 4.39. The fourth-order valence-corrected chi connectivity index (χ4v) is 2.09. The number of anilines is 1. The molecule has 1 aliphatic rings. The Labute approximate surface area is 111 Å². The van der Waals surface area contributed by atoms with E-state index < -0.39 is 0 Å². The standard InChI is InChI=1S/C14H15N3O2/c18-12-3-1-2-11(10-12)13-4-5-15-14(16-13)17-6-8-19-9-7-17/h1-5,10,18H,6-9H2. The van der Waals surface area contributed by atoms with Gasteiger partial charge in [0.15, 0.2) is 0 Å². The number of ether oxygens (including phenoxy) is 1. The number of aromatic nitrogens is 2. The Kier molecular flexibility index (Phi) is 3.29. The van der Waals surface area contributed by atoms with Crippen molar-refractivity contribution in [2.75, 3.05) is 31.2 Å². The van der Waals surface area contributed by atoms with Gasteiger partial charge < -0.3 is 14.7 Å². The number of phenols is 1. The first-order valence-electron chi connectivity index (χ1n) is 6.28. The van der Waals surface area contributed by atoms with E-state index in [1.54, 1.807) is 24.4 Å². The van der Waals surface area contributed by atoms with Crippen molar-refractivity contribution in [1.29, 1.82) is 0 Å². The van der Waals surface area contributed by atoms with E-state index in [2.05, 4.69) is 14.9 Å². The molecule has 0 aliphatic carbocycles. The van der Waals surface area contributed by atoms with Crippen LogP contribution in [-0.4, -0.2) is 41.4 Å². The first kappa shape index (κ1) is 11.9. The lowest BCUT2D eigenvalue weighted by molar-refractivity contribution is 0.122. The molecule has 0 amide bonds. The van der Waals surface area contributed by atoms with Gasteiger partial charge in [-0.15, -0.1) is 0 Å². The van der Waals surface area contributed by atoms with Gasteiger partial charge in [0.1, 0.15) is 5.75 Å². The number of rotatable bonds is 2. The van der Waals surface area contributed by atoms with Crippen LogP contribution in [0.2, 0.25) is 0 Å². The molecule has 1 N–H and O–H groups in total. The third-order valence-corrected chi connectivity index (χ3v) is 3.08. The SMILES string of the molecule is Oc1cccc(-c2ccnc(N3CCOCC3)n2)c1. The molecule has 5 heteroatoms. The third kappa shape index (κ3) is 2.66. The molecule has 1 fully saturated rings. The summed E-state index contributed by atoms with van der Waals surface area (Å²) < 4.78 is 5.32. The van der Waals surface area contributed by atoms with Crippen LogP contribution < -0.4 is 4.90 Å². The lowest BCUT2D eigenvalue weighted by Gasteiger charge is -2.26. The third-order valence-electron chi connectivity index (χ3n) is 3.08. The smallest absolute Gasteiger partial charge is 0.226 e. The summed E-state index contributed by atoms with van der Waals surface area (Å²) in [6.45, 7) is 3.03. The zero-order valence-electron chi connectivity index (χ0n) is 10.5. The molecule has 5 nitrogen and oxygen atoms in total. The van der Waals surface area contributed by atoms with Crippen molar-refractivity contribution in [3.05, 3.63) is 36.5 Å². The zero-order chi connectivity index (χ0) is 13.1. The predicted octanol–water partition coefficient (Wildman–Crippen LogP) is 1.69. The monoisotopic (exact) mass is 257 g/mol. The molecule has 0 radical (unpaired) electrons. The van der Waals surface area contributed by atoms with Crippen LogP contribution in [0.1, 0.15) is 0 Å². The van der Waals surface area contributed by atoms with Crippen molar-refractivity contribution < 1.29 is 9.84 Å². The Morgan fingerprint density at radius 3 is 2.79 bits per heavy atom. The summed E-state index contributed by atoms with van der Waals surface area (Å²) in [4.78, 5) is 11.0. The maximum atomic E-state index is 9.52. The van der Waals surface area contributed by atoms with Crippen LogP contribution in [0.25, 0.3) is 11.3 Å². The highest BCUT2D eigenvalue weighted by Crippen LogP contribution is 2.22. The van der Waals surface area contributed by atoms with E-state index in [0.717, 1.165) is 24.3 Å². The Morgan fingerprint density at radius 2 is 2.00 bits per heavy atom. The van der Waals surface area contributed by atoms with Crippen molar-refractivity contribution in [1.82, 2.24) is 9.97 Å². The molecular formula is C14H15N3O2. The van der Waals surface area contributed by atoms with Gasteiger partial charge in [0.05, 0.1) is 18.9 Å². The highest BCUT2D eigenvalue weighted by molar-refractivity contribution is 5.61. The van der Waals surface area contributed by atoms with Crippen molar-refractivity contribution in [2.45, 2.75) is 0 Å². The molecular weight excluding hydrogens is 242 g/mol. The van der Waals surface area contributed by atoms with Crippen molar-refractivity contribution in [2.24, 2.45) is 0 Å². The van der Waals surface area contributed by atoms with Gasteiger partial charge in [-0.1, -0.05) is 12.1 Å². The topological polar surface area (TPSA) is 58.5 Å². The second-order valence-electron chi connectivity index (χ2n) is 4.39. The van der Waals surface area contributed by atoms with Crippen LogP contribution in [0.3, 0.4) is 0 Å². The largest absolute Gasteiger partial charge is 0.508 e. The number of benzene rings is 1. The van der Waals surface area contributed by atoms with Crippen LogP contribution in [0.5, 0.6) is 5.75 Å². The minimum atomic E-state index is 0.240. The van der Waals surface area contributed by atoms with E-state index in [1.807, 2.05) is 12.1 Å². The van der Waals surface area contributed by atoms with E-state index in [1.165, 1.54) is 0 Å². The van der Waals surface area contributed by atoms with Gasteiger partial charge in [-0.2, -0.15) is 0 Å². The number of hydrogen-bond donors (Lipinski definition) is 1. The molecule has 0 unspecified atom stereocenters. The van der Waals surface area contributed by atoms with E-state index >= 15 is 0 Å². The average Bonchev–Trinajstić information content (AvgIpc) is 2.48. The molecule has 0 bridgehead atoms. The fourth-order valence-electron chi connectivity index (χ4n) is 2.09. The average molecular weight is 257 g/mol. The van der Waals surface area contributed by atoms with Gasteiger partial charge in [0.2, 0.25) is 5.95 Å². The van der Waals surface area contributed by atoms with Gasteiger partial charge in [0, 0.05) is 24.8 Å². The summed E-state index contributed by atoms with van der Waals surface area (Å²) in [7, 11) is 0. The zero-order valence-corrected chi connectivity index (χ0v) is 10.5. The highest BCUT2D eigenvalue weighted by atomic mass is 16.5. The van der Waals surface area contributed by atoms with Crippen molar-refractivity contribution in [3.63, 3.8) is 0 Å². The summed E-state index contributed by atoms with van der Waals surface area (Å²) in [5, 5.41) is 9.52. The summed E-state index contributed by atoms with van der Waals surface area (Å²) in [5.41, 5.74) is 1.70. The van der Waals surface area contributed by atoms with Crippen LogP contribution in [0.4, 0.5) is 5.95 Å². The Bertz CT molecular complexity index is 568. The van der Waals surface area contributed by atoms with Gasteiger partial charge in [0.25, 0.3) is 0 Å². The number of aromatic hydroxyl groups is 1. The molecule has 1 saturated heterocycles. The molecule has 0 atom stereocenters. The molecule has 2 heterocycles. The summed E-state index contributed by atoms with van der Waals surface area (Å²) in [6.07, 6.45) is 1.75. The summed E-state index contributed by atoms with van der Waals surface area (Å²) in [5.74, 6) is 0.952. The lowest BCUT2D eigenvalue weighted by atomic mass is 10.1. The maximum absolute atomic E-state index is 9.52. The van der Waals surface area contributed by atoms with Gasteiger partial charge in [-0.25, -0.2) is 9.97 Å². The summed E-state index contributed by atoms with van der Waals surface area (Å²) in [6, 6.07) is 8.92. The van der Waals surface area contributed by atoms with Crippen LogP contribution in [0, 0.1) is 0 Å². The molecule has 19 heavy (non-hydrogen) atoms. The number of hydrogen-bond acceptors (Lipinski definition) is 5. The van der Waals surface area contributed by atoms with Crippen molar-refractivity contribution in [3.8, 4) is 17.0 Å². The number of phenolic OH excluding ortho intramolecular Hbond substituents is 1. The van der Waals surface area contributed by atoms with Crippen LogP contribution in [-0.2, 0) is 4.74 Å². The molecule has 0 spiro atoms. The van der Waals surface area contributed by atoms with Gasteiger partial charge >= 0.3 is 0 Å². The van der Waals surface area contributed by atoms with E-state index in [9.17, 15) is 5.11 Å². The summed E-state index contributed by atoms with van der Waals surface area (Å²) >= 11 is 0. The second kappa shape index (κ2) is 5.24. The first-order chi connectivity index (χ1) is 9.33. The fraction of sp³-hybridized carbons (Fsp3) is 0.286. The molecule has 3 rings (SSSR count). The Hall–Kier alpha value is -2.14.